The summed E-state index contributed by atoms with van der Waals surface area (Å²) < 4.78 is 5.02. The Balaban J connectivity index is 1.82. The minimum Gasteiger partial charge on any atom is -0.450 e. The molecule has 1 aromatic rings. The number of hydrogen-bond acceptors (Lipinski definition) is 5. The lowest BCUT2D eigenvalue weighted by molar-refractivity contribution is 0.0951. The largest absolute Gasteiger partial charge is 0.450 e. The highest BCUT2D eigenvalue weighted by Gasteiger charge is 2.22. The maximum Gasteiger partial charge on any atom is 0.409 e. The van der Waals surface area contributed by atoms with Crippen molar-refractivity contribution in [3.05, 3.63) is 23.9 Å². The van der Waals surface area contributed by atoms with Gasteiger partial charge in [-0.05, 0) is 25.5 Å². The SMILES string of the molecule is CCCCCNC(=O)c1ccc(N2CCN(C(=O)OCC)CC2)nc1. The lowest BCUT2D eigenvalue weighted by Crippen LogP contribution is -2.49. The van der Waals surface area contributed by atoms with E-state index in [0.717, 1.165) is 25.1 Å². The number of piperazine rings is 1. The molecular formula is C18H28N4O3. The molecule has 138 valence electrons. The average Bonchev–Trinajstić information content (AvgIpc) is 2.65. The number of unbranched alkanes of at least 4 members (excludes halogenated alkanes) is 2. The van der Waals surface area contributed by atoms with Crippen molar-refractivity contribution in [3.8, 4) is 0 Å². The van der Waals surface area contributed by atoms with Crippen molar-refractivity contribution >= 4 is 17.8 Å². The third-order valence-electron chi connectivity index (χ3n) is 4.21. The predicted molar refractivity (Wildman–Crippen MR) is 96.9 cm³/mol. The molecule has 0 unspecified atom stereocenters. The molecule has 0 spiro atoms. The van der Waals surface area contributed by atoms with Gasteiger partial charge in [0.15, 0.2) is 0 Å². The summed E-state index contributed by atoms with van der Waals surface area (Å²) in [6.45, 7) is 7.66. The standard InChI is InChI=1S/C18H28N4O3/c1-3-5-6-9-19-17(23)15-7-8-16(20-14-15)21-10-12-22(13-11-21)18(24)25-4-2/h7-8,14H,3-6,9-13H2,1-2H3,(H,19,23). The van der Waals surface area contributed by atoms with Crippen LogP contribution in [0.5, 0.6) is 0 Å². The van der Waals surface area contributed by atoms with Gasteiger partial charge in [-0.25, -0.2) is 9.78 Å². The average molecular weight is 348 g/mol. The highest BCUT2D eigenvalue weighted by molar-refractivity contribution is 5.94. The fourth-order valence-corrected chi connectivity index (χ4v) is 2.72. The van der Waals surface area contributed by atoms with Gasteiger partial charge >= 0.3 is 6.09 Å². The van der Waals surface area contributed by atoms with E-state index in [1.54, 1.807) is 24.1 Å². The number of nitrogens with one attached hydrogen (secondary N) is 1. The molecule has 2 heterocycles. The summed E-state index contributed by atoms with van der Waals surface area (Å²) in [6.07, 6.45) is 4.61. The molecule has 0 atom stereocenters. The Labute approximate surface area is 149 Å². The first-order chi connectivity index (χ1) is 12.2. The molecule has 1 aliphatic heterocycles. The van der Waals surface area contributed by atoms with Crippen LogP contribution in [-0.4, -0.2) is 61.2 Å². The van der Waals surface area contributed by atoms with Crippen LogP contribution in [0.25, 0.3) is 0 Å². The number of amides is 2. The molecule has 1 aromatic heterocycles. The van der Waals surface area contributed by atoms with Crippen LogP contribution in [0.2, 0.25) is 0 Å². The number of nitrogens with zero attached hydrogens (tertiary/aromatic N) is 3. The van der Waals surface area contributed by atoms with E-state index in [2.05, 4.69) is 22.1 Å². The molecule has 0 saturated carbocycles. The third kappa shape index (κ3) is 5.62. The van der Waals surface area contributed by atoms with Crippen molar-refractivity contribution in [2.45, 2.75) is 33.1 Å². The lowest BCUT2D eigenvalue weighted by atomic mass is 10.2. The number of rotatable bonds is 7. The van der Waals surface area contributed by atoms with Gasteiger partial charge in [0.1, 0.15) is 5.82 Å². The van der Waals surface area contributed by atoms with Crippen LogP contribution in [0, 0.1) is 0 Å². The van der Waals surface area contributed by atoms with Crippen molar-refractivity contribution in [1.29, 1.82) is 0 Å². The molecule has 2 amide bonds. The first kappa shape index (κ1) is 19.0. The van der Waals surface area contributed by atoms with Crippen LogP contribution in [0.4, 0.5) is 10.6 Å². The molecule has 25 heavy (non-hydrogen) atoms. The predicted octanol–water partition coefficient (Wildman–Crippen LogP) is 2.28. The van der Waals surface area contributed by atoms with Crippen LogP contribution in [0.1, 0.15) is 43.5 Å². The Morgan fingerprint density at radius 2 is 1.92 bits per heavy atom. The summed E-state index contributed by atoms with van der Waals surface area (Å²) in [5.41, 5.74) is 0.574. The van der Waals surface area contributed by atoms with Crippen LogP contribution >= 0.6 is 0 Å². The van der Waals surface area contributed by atoms with E-state index in [0.29, 0.717) is 44.9 Å². The molecular weight excluding hydrogens is 320 g/mol. The first-order valence-electron chi connectivity index (χ1n) is 9.06. The Morgan fingerprint density at radius 3 is 2.52 bits per heavy atom. The van der Waals surface area contributed by atoms with E-state index < -0.39 is 0 Å². The van der Waals surface area contributed by atoms with Gasteiger partial charge in [-0.1, -0.05) is 19.8 Å². The molecule has 0 radical (unpaired) electrons. The number of pyridine rings is 1. The minimum atomic E-state index is -0.259. The van der Waals surface area contributed by atoms with E-state index in [9.17, 15) is 9.59 Å². The molecule has 0 bridgehead atoms. The number of ether oxygens (including phenoxy) is 1. The lowest BCUT2D eigenvalue weighted by Gasteiger charge is -2.34. The van der Waals surface area contributed by atoms with Gasteiger partial charge < -0.3 is 19.9 Å². The monoisotopic (exact) mass is 348 g/mol. The zero-order valence-corrected chi connectivity index (χ0v) is 15.2. The van der Waals surface area contributed by atoms with Crippen molar-refractivity contribution in [1.82, 2.24) is 15.2 Å². The maximum absolute atomic E-state index is 12.1. The van der Waals surface area contributed by atoms with Gasteiger partial charge in [0.25, 0.3) is 5.91 Å². The van der Waals surface area contributed by atoms with Gasteiger partial charge in [-0.3, -0.25) is 4.79 Å². The Bertz CT molecular complexity index is 554. The fraction of sp³-hybridized carbons (Fsp3) is 0.611. The van der Waals surface area contributed by atoms with E-state index >= 15 is 0 Å². The highest BCUT2D eigenvalue weighted by atomic mass is 16.6. The second kappa shape index (κ2) is 9.86. The molecule has 1 N–H and O–H groups in total. The molecule has 1 aliphatic rings. The normalized spacial score (nSPS) is 14.3. The Hall–Kier alpha value is -2.31. The van der Waals surface area contributed by atoms with E-state index in [1.165, 1.54) is 0 Å². The molecule has 7 heteroatoms. The third-order valence-corrected chi connectivity index (χ3v) is 4.21. The van der Waals surface area contributed by atoms with Crippen molar-refractivity contribution in [2.75, 3.05) is 44.2 Å². The van der Waals surface area contributed by atoms with E-state index in [4.69, 9.17) is 4.74 Å². The van der Waals surface area contributed by atoms with Gasteiger partial charge in [-0.2, -0.15) is 0 Å². The highest BCUT2D eigenvalue weighted by Crippen LogP contribution is 2.14. The van der Waals surface area contributed by atoms with Crippen LogP contribution in [-0.2, 0) is 4.74 Å². The number of anilines is 1. The minimum absolute atomic E-state index is 0.0812. The Morgan fingerprint density at radius 1 is 1.16 bits per heavy atom. The van der Waals surface area contributed by atoms with Crippen LogP contribution in [0.3, 0.4) is 0 Å². The summed E-state index contributed by atoms with van der Waals surface area (Å²) in [4.78, 5) is 32.0. The fourth-order valence-electron chi connectivity index (χ4n) is 2.72. The summed E-state index contributed by atoms with van der Waals surface area (Å²) in [5.74, 6) is 0.744. The van der Waals surface area contributed by atoms with Gasteiger partial charge in [0, 0.05) is 38.9 Å². The van der Waals surface area contributed by atoms with Crippen molar-refractivity contribution in [2.24, 2.45) is 0 Å². The zero-order valence-electron chi connectivity index (χ0n) is 15.2. The summed E-state index contributed by atoms with van der Waals surface area (Å²) in [7, 11) is 0. The first-order valence-corrected chi connectivity index (χ1v) is 9.06. The number of carbonyl (C=O) groups excluding carboxylic acids is 2. The number of aromatic nitrogens is 1. The maximum atomic E-state index is 12.1. The molecule has 0 aromatic carbocycles. The molecule has 1 saturated heterocycles. The van der Waals surface area contributed by atoms with Gasteiger partial charge in [-0.15, -0.1) is 0 Å². The van der Waals surface area contributed by atoms with Gasteiger partial charge in [0.2, 0.25) is 0 Å². The van der Waals surface area contributed by atoms with E-state index in [1.807, 2.05) is 6.07 Å². The Kier molecular flexibility index (Phi) is 7.50. The molecule has 1 fully saturated rings. The summed E-state index contributed by atoms with van der Waals surface area (Å²) in [6, 6.07) is 3.66. The van der Waals surface area contributed by atoms with Crippen molar-refractivity contribution < 1.29 is 14.3 Å². The van der Waals surface area contributed by atoms with Crippen molar-refractivity contribution in [3.63, 3.8) is 0 Å². The summed E-state index contributed by atoms with van der Waals surface area (Å²) in [5, 5.41) is 2.91. The van der Waals surface area contributed by atoms with Crippen LogP contribution in [0.15, 0.2) is 18.3 Å². The van der Waals surface area contributed by atoms with E-state index in [-0.39, 0.29) is 12.0 Å². The second-order valence-electron chi connectivity index (χ2n) is 6.04. The molecule has 0 aliphatic carbocycles. The molecule has 7 nitrogen and oxygen atoms in total. The second-order valence-corrected chi connectivity index (χ2v) is 6.04. The van der Waals surface area contributed by atoms with Gasteiger partial charge in [0.05, 0.1) is 12.2 Å². The summed E-state index contributed by atoms with van der Waals surface area (Å²) >= 11 is 0. The molecule has 2 rings (SSSR count). The van der Waals surface area contributed by atoms with Crippen LogP contribution < -0.4 is 10.2 Å². The number of hydrogen-bond donors (Lipinski definition) is 1. The number of carbonyl (C=O) groups is 2. The topological polar surface area (TPSA) is 74.8 Å². The quantitative estimate of drug-likeness (QED) is 0.765. The smallest absolute Gasteiger partial charge is 0.409 e. The zero-order chi connectivity index (χ0) is 18.1.